The highest BCUT2D eigenvalue weighted by Crippen LogP contribution is 2.17. The van der Waals surface area contributed by atoms with Gasteiger partial charge in [-0.2, -0.15) is 0 Å². The van der Waals surface area contributed by atoms with Crippen molar-refractivity contribution >= 4 is 17.3 Å². The molecule has 2 nitrogen and oxygen atoms in total. The van der Waals surface area contributed by atoms with Gasteiger partial charge in [-0.1, -0.05) is 26.2 Å². The van der Waals surface area contributed by atoms with E-state index in [0.717, 1.165) is 18.1 Å². The molecule has 1 aliphatic carbocycles. The first-order valence-electron chi connectivity index (χ1n) is 6.72. The summed E-state index contributed by atoms with van der Waals surface area (Å²) in [6, 6.07) is 1.13. The van der Waals surface area contributed by atoms with Gasteiger partial charge in [0.15, 0.2) is 5.11 Å². The molecule has 1 rings (SSSR count). The van der Waals surface area contributed by atoms with Crippen LogP contribution in [0.5, 0.6) is 0 Å². The molecule has 1 N–H and O–H groups in total. The lowest BCUT2D eigenvalue weighted by atomic mass is 9.96. The SMILES string of the molecule is CCCN(C(=S)NC1CCCCC1)C(C)C. The number of rotatable bonds is 4. The minimum atomic E-state index is 0.503. The van der Waals surface area contributed by atoms with Gasteiger partial charge in [-0.25, -0.2) is 0 Å². The van der Waals surface area contributed by atoms with Crippen molar-refractivity contribution < 1.29 is 0 Å². The summed E-state index contributed by atoms with van der Waals surface area (Å²) in [6.45, 7) is 7.70. The molecule has 1 saturated carbocycles. The number of hydrogen-bond acceptors (Lipinski definition) is 1. The summed E-state index contributed by atoms with van der Waals surface area (Å²) >= 11 is 5.51. The van der Waals surface area contributed by atoms with E-state index in [1.165, 1.54) is 32.1 Å². The van der Waals surface area contributed by atoms with Crippen LogP contribution in [0.2, 0.25) is 0 Å². The van der Waals surface area contributed by atoms with E-state index in [1.807, 2.05) is 0 Å². The molecule has 0 aromatic heterocycles. The molecule has 0 aromatic carbocycles. The van der Waals surface area contributed by atoms with Crippen LogP contribution in [0.25, 0.3) is 0 Å². The second kappa shape index (κ2) is 7.10. The summed E-state index contributed by atoms with van der Waals surface area (Å²) in [6.07, 6.45) is 7.85. The highest BCUT2D eigenvalue weighted by atomic mass is 32.1. The van der Waals surface area contributed by atoms with Crippen LogP contribution < -0.4 is 5.32 Å². The van der Waals surface area contributed by atoms with Gasteiger partial charge in [0.05, 0.1) is 0 Å². The fraction of sp³-hybridized carbons (Fsp3) is 0.923. The van der Waals surface area contributed by atoms with Gasteiger partial charge in [0.1, 0.15) is 0 Å². The van der Waals surface area contributed by atoms with Gasteiger partial charge < -0.3 is 10.2 Å². The molecule has 0 heterocycles. The zero-order valence-corrected chi connectivity index (χ0v) is 11.8. The standard InChI is InChI=1S/C13H26N2S/c1-4-10-15(11(2)3)13(16)14-12-8-6-5-7-9-12/h11-12H,4-10H2,1-3H3,(H,14,16). The minimum absolute atomic E-state index is 0.503. The molecule has 0 unspecified atom stereocenters. The molecule has 0 radical (unpaired) electrons. The monoisotopic (exact) mass is 242 g/mol. The summed E-state index contributed by atoms with van der Waals surface area (Å²) in [5, 5.41) is 4.50. The molecule has 16 heavy (non-hydrogen) atoms. The third kappa shape index (κ3) is 4.28. The summed E-state index contributed by atoms with van der Waals surface area (Å²) in [5.74, 6) is 0. The summed E-state index contributed by atoms with van der Waals surface area (Å²) in [4.78, 5) is 2.31. The number of nitrogens with one attached hydrogen (secondary N) is 1. The predicted molar refractivity (Wildman–Crippen MR) is 74.7 cm³/mol. The van der Waals surface area contributed by atoms with E-state index in [1.54, 1.807) is 0 Å². The Kier molecular flexibility index (Phi) is 6.10. The number of thiocarbonyl (C=S) groups is 1. The van der Waals surface area contributed by atoms with Crippen LogP contribution >= 0.6 is 12.2 Å². The van der Waals surface area contributed by atoms with Crippen molar-refractivity contribution in [1.82, 2.24) is 10.2 Å². The summed E-state index contributed by atoms with van der Waals surface area (Å²) in [5.41, 5.74) is 0. The summed E-state index contributed by atoms with van der Waals surface area (Å²) < 4.78 is 0. The van der Waals surface area contributed by atoms with Crippen molar-refractivity contribution in [3.63, 3.8) is 0 Å². The van der Waals surface area contributed by atoms with Crippen molar-refractivity contribution in [2.75, 3.05) is 6.54 Å². The Morgan fingerprint density at radius 1 is 1.31 bits per heavy atom. The van der Waals surface area contributed by atoms with Crippen molar-refractivity contribution in [3.05, 3.63) is 0 Å². The Morgan fingerprint density at radius 3 is 2.44 bits per heavy atom. The van der Waals surface area contributed by atoms with E-state index in [4.69, 9.17) is 12.2 Å². The average Bonchev–Trinajstić information content (AvgIpc) is 2.26. The van der Waals surface area contributed by atoms with Crippen LogP contribution in [0.4, 0.5) is 0 Å². The van der Waals surface area contributed by atoms with E-state index >= 15 is 0 Å². The van der Waals surface area contributed by atoms with Crippen molar-refractivity contribution in [3.8, 4) is 0 Å². The van der Waals surface area contributed by atoms with Gasteiger partial charge in [-0.15, -0.1) is 0 Å². The van der Waals surface area contributed by atoms with Crippen LogP contribution in [0, 0.1) is 0 Å². The van der Waals surface area contributed by atoms with Crippen molar-refractivity contribution in [2.24, 2.45) is 0 Å². The van der Waals surface area contributed by atoms with E-state index in [0.29, 0.717) is 12.1 Å². The van der Waals surface area contributed by atoms with E-state index < -0.39 is 0 Å². The lowest BCUT2D eigenvalue weighted by Gasteiger charge is -2.33. The Bertz CT molecular complexity index is 210. The molecule has 0 atom stereocenters. The molecule has 3 heteroatoms. The fourth-order valence-corrected chi connectivity index (χ4v) is 2.81. The Balaban J connectivity index is 2.40. The van der Waals surface area contributed by atoms with Crippen LogP contribution in [-0.4, -0.2) is 28.6 Å². The zero-order chi connectivity index (χ0) is 12.0. The molecule has 0 amide bonds. The highest BCUT2D eigenvalue weighted by Gasteiger charge is 2.18. The van der Waals surface area contributed by atoms with Crippen LogP contribution in [-0.2, 0) is 0 Å². The fourth-order valence-electron chi connectivity index (χ4n) is 2.34. The van der Waals surface area contributed by atoms with Gasteiger partial charge in [0.25, 0.3) is 0 Å². The number of nitrogens with zero attached hydrogens (tertiary/aromatic N) is 1. The van der Waals surface area contributed by atoms with Gasteiger partial charge in [-0.3, -0.25) is 0 Å². The molecular formula is C13H26N2S. The van der Waals surface area contributed by atoms with Crippen molar-refractivity contribution in [1.29, 1.82) is 0 Å². The van der Waals surface area contributed by atoms with Gasteiger partial charge >= 0.3 is 0 Å². The average molecular weight is 242 g/mol. The quantitative estimate of drug-likeness (QED) is 0.761. The second-order valence-electron chi connectivity index (χ2n) is 5.07. The Hall–Kier alpha value is -0.310. The third-order valence-corrected chi connectivity index (χ3v) is 3.63. The van der Waals surface area contributed by atoms with Gasteiger partial charge in [0, 0.05) is 18.6 Å². The van der Waals surface area contributed by atoms with E-state index in [2.05, 4.69) is 31.0 Å². The molecule has 1 fully saturated rings. The first-order valence-corrected chi connectivity index (χ1v) is 7.13. The smallest absolute Gasteiger partial charge is 0.169 e. The third-order valence-electron chi connectivity index (χ3n) is 3.28. The van der Waals surface area contributed by atoms with Crippen LogP contribution in [0.1, 0.15) is 59.3 Å². The normalized spacial score (nSPS) is 17.5. The molecule has 0 aliphatic heterocycles. The molecule has 0 bridgehead atoms. The maximum atomic E-state index is 5.51. The maximum absolute atomic E-state index is 5.51. The lowest BCUT2D eigenvalue weighted by Crippen LogP contribution is -2.48. The molecule has 0 aromatic rings. The molecule has 1 aliphatic rings. The predicted octanol–water partition coefficient (Wildman–Crippen LogP) is 3.31. The lowest BCUT2D eigenvalue weighted by molar-refractivity contribution is 0.328. The molecule has 94 valence electrons. The van der Waals surface area contributed by atoms with E-state index in [-0.39, 0.29) is 0 Å². The highest BCUT2D eigenvalue weighted by molar-refractivity contribution is 7.80. The second-order valence-corrected chi connectivity index (χ2v) is 5.46. The van der Waals surface area contributed by atoms with E-state index in [9.17, 15) is 0 Å². The summed E-state index contributed by atoms with van der Waals surface area (Å²) in [7, 11) is 0. The van der Waals surface area contributed by atoms with Crippen LogP contribution in [0.15, 0.2) is 0 Å². The maximum Gasteiger partial charge on any atom is 0.169 e. The van der Waals surface area contributed by atoms with Crippen LogP contribution in [0.3, 0.4) is 0 Å². The molecule has 0 saturated heterocycles. The zero-order valence-electron chi connectivity index (χ0n) is 11.0. The van der Waals surface area contributed by atoms with Gasteiger partial charge in [-0.05, 0) is 45.3 Å². The first kappa shape index (κ1) is 13.8. The number of hydrogen-bond donors (Lipinski definition) is 1. The van der Waals surface area contributed by atoms with Crippen molar-refractivity contribution in [2.45, 2.75) is 71.4 Å². The largest absolute Gasteiger partial charge is 0.360 e. The molecule has 0 spiro atoms. The minimum Gasteiger partial charge on any atom is -0.360 e. The molecular weight excluding hydrogens is 216 g/mol. The Labute approximate surface area is 106 Å². The first-order chi connectivity index (χ1) is 7.65. The van der Waals surface area contributed by atoms with Gasteiger partial charge in [0.2, 0.25) is 0 Å². The Morgan fingerprint density at radius 2 is 1.94 bits per heavy atom. The topological polar surface area (TPSA) is 15.3 Å².